The molecule has 0 radical (unpaired) electrons. The monoisotopic (exact) mass is 623 g/mol. The summed E-state index contributed by atoms with van der Waals surface area (Å²) in [6, 6.07) is 4.86. The fourth-order valence-electron chi connectivity index (χ4n) is 6.65. The minimum absolute atomic E-state index is 0.0358. The van der Waals surface area contributed by atoms with Crippen molar-refractivity contribution in [3.8, 4) is 0 Å². The van der Waals surface area contributed by atoms with Gasteiger partial charge in [0.05, 0.1) is 6.04 Å². The van der Waals surface area contributed by atoms with Crippen molar-refractivity contribution in [2.75, 3.05) is 18.0 Å². The number of benzene rings is 1. The number of amides is 5. The second-order valence-corrected chi connectivity index (χ2v) is 13.6. The maximum Gasteiger partial charge on any atom is 0.408 e. The van der Waals surface area contributed by atoms with Crippen molar-refractivity contribution in [2.45, 2.75) is 108 Å². The number of carboxylic acids is 1. The van der Waals surface area contributed by atoms with Crippen LogP contribution in [0.25, 0.3) is 0 Å². The van der Waals surface area contributed by atoms with Gasteiger partial charge in [-0.25, -0.2) is 14.4 Å². The van der Waals surface area contributed by atoms with E-state index in [9.17, 15) is 29.1 Å². The number of carbonyl (C=O) groups is 5. The van der Waals surface area contributed by atoms with Crippen LogP contribution < -0.4 is 20.9 Å². The number of para-hydroxylation sites is 1. The van der Waals surface area contributed by atoms with Gasteiger partial charge in [0.25, 0.3) is 0 Å². The number of allylic oxidation sites excluding steroid dienone is 1. The van der Waals surface area contributed by atoms with E-state index in [0.29, 0.717) is 19.4 Å². The fraction of sp³-hybridized carbons (Fsp3) is 0.606. The number of urea groups is 1. The Balaban J connectivity index is 1.39. The molecule has 12 heteroatoms. The van der Waals surface area contributed by atoms with Gasteiger partial charge in [-0.05, 0) is 77.3 Å². The molecule has 1 unspecified atom stereocenters. The van der Waals surface area contributed by atoms with Gasteiger partial charge in [-0.3, -0.25) is 14.5 Å². The van der Waals surface area contributed by atoms with Gasteiger partial charge < -0.3 is 30.7 Å². The zero-order chi connectivity index (χ0) is 32.4. The quantitative estimate of drug-likeness (QED) is 0.376. The number of fused-ring (bicyclic) bond motifs is 3. The van der Waals surface area contributed by atoms with Gasteiger partial charge in [-0.15, -0.1) is 0 Å². The minimum Gasteiger partial charge on any atom is -0.479 e. The van der Waals surface area contributed by atoms with Crippen molar-refractivity contribution in [3.63, 3.8) is 0 Å². The molecule has 45 heavy (non-hydrogen) atoms. The Morgan fingerprint density at radius 1 is 1.07 bits per heavy atom. The van der Waals surface area contributed by atoms with Crippen LogP contribution in [0.5, 0.6) is 0 Å². The molecule has 2 fully saturated rings. The van der Waals surface area contributed by atoms with E-state index in [2.05, 4.69) is 16.0 Å². The Morgan fingerprint density at radius 2 is 1.84 bits per heavy atom. The molecule has 1 saturated carbocycles. The van der Waals surface area contributed by atoms with Gasteiger partial charge in [0.1, 0.15) is 23.2 Å². The number of anilines is 1. The topological polar surface area (TPSA) is 157 Å². The number of hydrogen-bond donors (Lipinski definition) is 4. The highest BCUT2D eigenvalue weighted by Gasteiger charge is 2.61. The van der Waals surface area contributed by atoms with Crippen LogP contribution in [0.15, 0.2) is 36.4 Å². The maximum absolute atomic E-state index is 14.1. The second-order valence-electron chi connectivity index (χ2n) is 13.6. The third-order valence-corrected chi connectivity index (χ3v) is 9.03. The van der Waals surface area contributed by atoms with Crippen LogP contribution in [0.2, 0.25) is 0 Å². The molecule has 1 aliphatic carbocycles. The summed E-state index contributed by atoms with van der Waals surface area (Å²) in [4.78, 5) is 69.7. The lowest BCUT2D eigenvalue weighted by atomic mass is 10.0. The number of nitrogens with one attached hydrogen (secondary N) is 3. The molecule has 3 heterocycles. The molecule has 5 atom stereocenters. The average molecular weight is 624 g/mol. The van der Waals surface area contributed by atoms with Gasteiger partial charge in [0.2, 0.25) is 11.8 Å². The standard InChI is InChI=1S/C33H45N5O7/c1-32(2,3)45-31(44)35-24-15-8-6-4-5-7-14-22-19-33(22,29(41)42)36-27(39)26-18-23(20-38(26)28(24)40)34-30(43)37-17-11-13-21-12-9-10-16-25(21)37/h7,9-10,12,14,16,22-24,26H,4-6,8,11,13,15,17-20H2,1-3H3,(H,34,43)(H,35,44)(H,36,39)(H,41,42)/b14-7-/t22-,23-,24+,26+,33?/m1/s1. The van der Waals surface area contributed by atoms with E-state index in [-0.39, 0.29) is 31.3 Å². The van der Waals surface area contributed by atoms with Crippen molar-refractivity contribution in [2.24, 2.45) is 5.92 Å². The number of aliphatic carboxylic acids is 1. The molecule has 1 aromatic carbocycles. The molecule has 0 spiro atoms. The summed E-state index contributed by atoms with van der Waals surface area (Å²) in [7, 11) is 0. The van der Waals surface area contributed by atoms with Crippen LogP contribution >= 0.6 is 0 Å². The summed E-state index contributed by atoms with van der Waals surface area (Å²) in [5, 5.41) is 18.6. The van der Waals surface area contributed by atoms with Gasteiger partial charge >= 0.3 is 18.1 Å². The summed E-state index contributed by atoms with van der Waals surface area (Å²) in [6.07, 6.45) is 8.52. The molecule has 5 amide bonds. The number of alkyl carbamates (subject to hydrolysis) is 1. The van der Waals surface area contributed by atoms with Crippen LogP contribution in [0.1, 0.15) is 77.7 Å². The first-order valence-corrected chi connectivity index (χ1v) is 16.1. The Bertz CT molecular complexity index is 1360. The van der Waals surface area contributed by atoms with E-state index >= 15 is 0 Å². The van der Waals surface area contributed by atoms with Crippen LogP contribution in [0.4, 0.5) is 15.3 Å². The predicted octanol–water partition coefficient (Wildman–Crippen LogP) is 3.49. The van der Waals surface area contributed by atoms with E-state index in [1.807, 2.05) is 36.4 Å². The predicted molar refractivity (Wildman–Crippen MR) is 167 cm³/mol. The first-order valence-electron chi connectivity index (χ1n) is 16.1. The number of nitrogens with zero attached hydrogens (tertiary/aromatic N) is 2. The summed E-state index contributed by atoms with van der Waals surface area (Å²) in [6.45, 7) is 5.78. The number of carboxylic acid groups (broad SMARTS) is 1. The van der Waals surface area contributed by atoms with Crippen molar-refractivity contribution >= 4 is 35.6 Å². The fourth-order valence-corrected chi connectivity index (χ4v) is 6.65. The lowest BCUT2D eigenvalue weighted by Gasteiger charge is -2.31. The maximum atomic E-state index is 14.1. The Hall–Kier alpha value is -4.09. The molecule has 5 rings (SSSR count). The molecule has 1 aromatic rings. The van der Waals surface area contributed by atoms with Crippen LogP contribution in [-0.4, -0.2) is 82.3 Å². The Morgan fingerprint density at radius 3 is 2.60 bits per heavy atom. The van der Waals surface area contributed by atoms with Gasteiger partial charge in [-0.1, -0.05) is 43.2 Å². The van der Waals surface area contributed by atoms with Crippen LogP contribution in [-0.2, 0) is 25.5 Å². The number of carbonyl (C=O) groups excluding carboxylic acids is 4. The zero-order valence-electron chi connectivity index (χ0n) is 26.3. The first kappa shape index (κ1) is 32.3. The van der Waals surface area contributed by atoms with Crippen LogP contribution in [0, 0.1) is 5.92 Å². The summed E-state index contributed by atoms with van der Waals surface area (Å²) in [5.74, 6) is -2.52. The van der Waals surface area contributed by atoms with Gasteiger partial charge in [0.15, 0.2) is 0 Å². The largest absolute Gasteiger partial charge is 0.479 e. The third kappa shape index (κ3) is 7.42. The zero-order valence-corrected chi connectivity index (χ0v) is 26.3. The summed E-state index contributed by atoms with van der Waals surface area (Å²) >= 11 is 0. The van der Waals surface area contributed by atoms with Crippen LogP contribution in [0.3, 0.4) is 0 Å². The summed E-state index contributed by atoms with van der Waals surface area (Å²) < 4.78 is 5.44. The van der Waals surface area contributed by atoms with Crippen molar-refractivity contribution < 1.29 is 33.8 Å². The third-order valence-electron chi connectivity index (χ3n) is 9.03. The van der Waals surface area contributed by atoms with E-state index in [0.717, 1.165) is 43.4 Å². The molecular formula is C33H45N5O7. The van der Waals surface area contributed by atoms with Crippen molar-refractivity contribution in [1.29, 1.82) is 0 Å². The number of ether oxygens (including phenoxy) is 1. The highest BCUT2D eigenvalue weighted by molar-refractivity contribution is 5.97. The van der Waals surface area contributed by atoms with E-state index in [4.69, 9.17) is 4.74 Å². The smallest absolute Gasteiger partial charge is 0.408 e. The Kier molecular flexibility index (Phi) is 9.41. The minimum atomic E-state index is -1.44. The molecule has 244 valence electrons. The van der Waals surface area contributed by atoms with E-state index < -0.39 is 53.1 Å². The van der Waals surface area contributed by atoms with Crippen molar-refractivity contribution in [3.05, 3.63) is 42.0 Å². The normalized spacial score (nSPS) is 29.5. The number of hydrogen-bond acceptors (Lipinski definition) is 6. The molecule has 3 aliphatic heterocycles. The molecular weight excluding hydrogens is 578 g/mol. The highest BCUT2D eigenvalue weighted by Crippen LogP contribution is 2.45. The number of rotatable bonds is 3. The highest BCUT2D eigenvalue weighted by atomic mass is 16.6. The van der Waals surface area contributed by atoms with Gasteiger partial charge in [0, 0.05) is 24.7 Å². The summed E-state index contributed by atoms with van der Waals surface area (Å²) in [5.41, 5.74) is -0.296. The first-order chi connectivity index (χ1) is 21.4. The lowest BCUT2D eigenvalue weighted by molar-refractivity contribution is -0.145. The van der Waals surface area contributed by atoms with Gasteiger partial charge in [-0.2, -0.15) is 0 Å². The molecule has 4 aliphatic rings. The molecule has 0 bridgehead atoms. The van der Waals surface area contributed by atoms with E-state index in [1.54, 1.807) is 25.7 Å². The second kappa shape index (κ2) is 13.1. The Labute approximate surface area is 263 Å². The van der Waals surface area contributed by atoms with E-state index in [1.165, 1.54) is 4.90 Å². The molecule has 1 saturated heterocycles. The molecule has 4 N–H and O–H groups in total. The molecule has 0 aromatic heterocycles. The SMILES string of the molecule is CC(C)(C)OC(=O)N[C@H]1CCCCC/C=C\[C@@H]2CC2(C(=O)O)NC(=O)[C@@H]2C[C@@H](NC(=O)N3CCCc4ccccc43)CN2C1=O. The number of aryl methyl sites for hydroxylation is 1. The van der Waals surface area contributed by atoms with Crippen molar-refractivity contribution in [1.82, 2.24) is 20.9 Å². The average Bonchev–Trinajstić information content (AvgIpc) is 3.51. The lowest BCUT2D eigenvalue weighted by Crippen LogP contribution is -2.56. The molecule has 12 nitrogen and oxygen atoms in total.